The summed E-state index contributed by atoms with van der Waals surface area (Å²) < 4.78 is 15.3. The van der Waals surface area contributed by atoms with Gasteiger partial charge in [-0.05, 0) is 0 Å². The highest BCUT2D eigenvalue weighted by Gasteiger charge is 2.16. The summed E-state index contributed by atoms with van der Waals surface area (Å²) in [5, 5.41) is 7.57. The lowest BCUT2D eigenvalue weighted by atomic mass is 10.4. The number of oxazole rings is 1. The second-order valence-electron chi connectivity index (χ2n) is 2.63. The molecule has 0 aromatic carbocycles. The van der Waals surface area contributed by atoms with E-state index in [0.29, 0.717) is 28.8 Å². The maximum Gasteiger partial charge on any atom is 0.279 e. The molecule has 6 heteroatoms. The van der Waals surface area contributed by atoms with E-state index in [0.717, 1.165) is 0 Å². The molecule has 6 nitrogen and oxygen atoms in total. The van der Waals surface area contributed by atoms with Gasteiger partial charge >= 0.3 is 0 Å². The first kappa shape index (κ1) is 8.74. The molecule has 0 amide bonds. The molecule has 2 rings (SSSR count). The molecule has 0 unspecified atom stereocenters. The second kappa shape index (κ2) is 3.13. The highest BCUT2D eigenvalue weighted by Crippen LogP contribution is 2.28. The van der Waals surface area contributed by atoms with Gasteiger partial charge in [0.25, 0.3) is 11.8 Å². The van der Waals surface area contributed by atoms with E-state index in [9.17, 15) is 0 Å². The van der Waals surface area contributed by atoms with Gasteiger partial charge in [-0.1, -0.05) is 0 Å². The van der Waals surface area contributed by atoms with E-state index in [1.54, 1.807) is 6.92 Å². The fourth-order valence-corrected chi connectivity index (χ4v) is 1.17. The molecule has 0 radical (unpaired) electrons. The highest BCUT2D eigenvalue weighted by molar-refractivity contribution is 5.81. The Labute approximate surface area is 79.9 Å². The fraction of sp³-hybridized carbons (Fsp3) is 0.375. The summed E-state index contributed by atoms with van der Waals surface area (Å²) in [4.78, 5) is 4.12. The van der Waals surface area contributed by atoms with Crippen LogP contribution >= 0.6 is 0 Å². The molecule has 74 valence electrons. The van der Waals surface area contributed by atoms with E-state index in [1.807, 2.05) is 0 Å². The zero-order valence-corrected chi connectivity index (χ0v) is 8.07. The Kier molecular flexibility index (Phi) is 1.95. The normalized spacial score (nSPS) is 10.5. The van der Waals surface area contributed by atoms with Gasteiger partial charge < -0.3 is 13.9 Å². The third-order valence-corrected chi connectivity index (χ3v) is 1.75. The molecular formula is C8H9N3O3. The SMILES string of the molecule is COc1nnc(OC)c2oc(C)nc12. The summed E-state index contributed by atoms with van der Waals surface area (Å²) >= 11 is 0. The first-order valence-electron chi connectivity index (χ1n) is 3.98. The minimum Gasteiger partial charge on any atom is -0.478 e. The second-order valence-corrected chi connectivity index (χ2v) is 2.63. The maximum absolute atomic E-state index is 5.31. The fourth-order valence-electron chi connectivity index (χ4n) is 1.17. The number of hydrogen-bond acceptors (Lipinski definition) is 6. The van der Waals surface area contributed by atoms with Crippen LogP contribution < -0.4 is 9.47 Å². The van der Waals surface area contributed by atoms with Crippen molar-refractivity contribution in [2.24, 2.45) is 0 Å². The van der Waals surface area contributed by atoms with E-state index in [-0.39, 0.29) is 0 Å². The molecule has 2 aromatic rings. The molecule has 0 aliphatic carbocycles. The lowest BCUT2D eigenvalue weighted by Gasteiger charge is -1.99. The van der Waals surface area contributed by atoms with Gasteiger partial charge in [0.2, 0.25) is 5.58 Å². The average molecular weight is 195 g/mol. The van der Waals surface area contributed by atoms with Crippen LogP contribution in [0.1, 0.15) is 5.89 Å². The third-order valence-electron chi connectivity index (χ3n) is 1.75. The van der Waals surface area contributed by atoms with E-state index in [2.05, 4.69) is 15.2 Å². The monoisotopic (exact) mass is 195 g/mol. The van der Waals surface area contributed by atoms with Gasteiger partial charge in [-0.15, -0.1) is 10.2 Å². The van der Waals surface area contributed by atoms with Gasteiger partial charge in [0.1, 0.15) is 0 Å². The van der Waals surface area contributed by atoms with Crippen LogP contribution in [0.5, 0.6) is 11.8 Å². The molecular weight excluding hydrogens is 186 g/mol. The minimum absolute atomic E-state index is 0.307. The van der Waals surface area contributed by atoms with Crippen LogP contribution in [0.4, 0.5) is 0 Å². The van der Waals surface area contributed by atoms with Crippen molar-refractivity contribution in [3.8, 4) is 11.8 Å². The van der Waals surface area contributed by atoms with Crippen LogP contribution in [-0.4, -0.2) is 29.4 Å². The van der Waals surface area contributed by atoms with Crippen LogP contribution in [0.3, 0.4) is 0 Å². The summed E-state index contributed by atoms with van der Waals surface area (Å²) in [6.07, 6.45) is 0. The lowest BCUT2D eigenvalue weighted by molar-refractivity contribution is 0.369. The molecule has 0 atom stereocenters. The Balaban J connectivity index is 2.77. The summed E-state index contributed by atoms with van der Waals surface area (Å²) in [5.74, 6) is 1.16. The molecule has 0 bridgehead atoms. The van der Waals surface area contributed by atoms with Crippen molar-refractivity contribution in [2.75, 3.05) is 14.2 Å². The largest absolute Gasteiger partial charge is 0.478 e. The summed E-state index contributed by atoms with van der Waals surface area (Å²) in [6.45, 7) is 1.74. The molecule has 2 heterocycles. The number of rotatable bonds is 2. The van der Waals surface area contributed by atoms with Crippen molar-refractivity contribution in [2.45, 2.75) is 6.92 Å². The first-order valence-corrected chi connectivity index (χ1v) is 3.98. The van der Waals surface area contributed by atoms with E-state index in [4.69, 9.17) is 13.9 Å². The molecule has 0 saturated carbocycles. The molecule has 14 heavy (non-hydrogen) atoms. The molecule has 0 N–H and O–H groups in total. The van der Waals surface area contributed by atoms with Crippen molar-refractivity contribution in [1.29, 1.82) is 0 Å². The quantitative estimate of drug-likeness (QED) is 0.710. The number of fused-ring (bicyclic) bond motifs is 1. The molecule has 0 saturated heterocycles. The predicted molar refractivity (Wildman–Crippen MR) is 47.4 cm³/mol. The number of methoxy groups -OCH3 is 2. The van der Waals surface area contributed by atoms with Crippen molar-refractivity contribution in [1.82, 2.24) is 15.2 Å². The Morgan fingerprint density at radius 3 is 2.36 bits per heavy atom. The van der Waals surface area contributed by atoms with Crippen LogP contribution in [-0.2, 0) is 0 Å². The van der Waals surface area contributed by atoms with Gasteiger partial charge in [0, 0.05) is 6.92 Å². The van der Waals surface area contributed by atoms with Crippen molar-refractivity contribution in [3.63, 3.8) is 0 Å². The Morgan fingerprint density at radius 2 is 1.71 bits per heavy atom. The van der Waals surface area contributed by atoms with E-state index >= 15 is 0 Å². The highest BCUT2D eigenvalue weighted by atomic mass is 16.5. The Hall–Kier alpha value is -1.85. The van der Waals surface area contributed by atoms with Gasteiger partial charge in [-0.25, -0.2) is 4.98 Å². The summed E-state index contributed by atoms with van der Waals surface area (Å²) in [6, 6.07) is 0. The number of hydrogen-bond donors (Lipinski definition) is 0. The maximum atomic E-state index is 5.31. The van der Waals surface area contributed by atoms with Gasteiger partial charge in [-0.3, -0.25) is 0 Å². The van der Waals surface area contributed by atoms with Crippen molar-refractivity contribution in [3.05, 3.63) is 5.89 Å². The number of nitrogens with zero attached hydrogens (tertiary/aromatic N) is 3. The van der Waals surface area contributed by atoms with Crippen molar-refractivity contribution < 1.29 is 13.9 Å². The Morgan fingerprint density at radius 1 is 1.07 bits per heavy atom. The zero-order chi connectivity index (χ0) is 10.1. The smallest absolute Gasteiger partial charge is 0.279 e. The van der Waals surface area contributed by atoms with E-state index in [1.165, 1.54) is 14.2 Å². The molecule has 0 aliphatic heterocycles. The van der Waals surface area contributed by atoms with Crippen LogP contribution in [0.15, 0.2) is 4.42 Å². The molecule has 0 fully saturated rings. The van der Waals surface area contributed by atoms with Crippen LogP contribution in [0, 0.1) is 6.92 Å². The summed E-state index contributed by atoms with van der Waals surface area (Å²) in [7, 11) is 2.99. The van der Waals surface area contributed by atoms with Crippen LogP contribution in [0.25, 0.3) is 11.1 Å². The average Bonchev–Trinajstić information content (AvgIpc) is 2.57. The minimum atomic E-state index is 0.307. The third kappa shape index (κ3) is 1.15. The van der Waals surface area contributed by atoms with E-state index < -0.39 is 0 Å². The summed E-state index contributed by atoms with van der Waals surface area (Å²) in [5.41, 5.74) is 0.980. The number of ether oxygens (including phenoxy) is 2. The topological polar surface area (TPSA) is 70.3 Å². The zero-order valence-electron chi connectivity index (χ0n) is 8.07. The predicted octanol–water partition coefficient (Wildman–Crippen LogP) is 0.943. The first-order chi connectivity index (χ1) is 6.76. The van der Waals surface area contributed by atoms with Crippen LogP contribution in [0.2, 0.25) is 0 Å². The van der Waals surface area contributed by atoms with Gasteiger partial charge in [-0.2, -0.15) is 0 Å². The van der Waals surface area contributed by atoms with Crippen molar-refractivity contribution >= 4 is 11.1 Å². The molecule has 0 spiro atoms. The van der Waals surface area contributed by atoms with Gasteiger partial charge in [0.05, 0.1) is 14.2 Å². The number of aromatic nitrogens is 3. The standard InChI is InChI=1S/C8H9N3O3/c1-4-9-5-6(14-4)8(13-3)11-10-7(5)12-2/h1-3H3. The lowest BCUT2D eigenvalue weighted by Crippen LogP contribution is -1.95. The number of aryl methyl sites for hydroxylation is 1. The molecule has 0 aliphatic rings. The Bertz CT molecular complexity index is 425. The molecule has 2 aromatic heterocycles. The van der Waals surface area contributed by atoms with Gasteiger partial charge in [0.15, 0.2) is 11.4 Å².